The number of H-pyrrole nitrogens is 1. The van der Waals surface area contributed by atoms with Crippen LogP contribution in [0.3, 0.4) is 0 Å². The number of carbonyl (C=O) groups excluding carboxylic acids is 8. The largest absolute Gasteiger partial charge is 0.375 e. The summed E-state index contributed by atoms with van der Waals surface area (Å²) < 4.78 is 14.9. The minimum atomic E-state index is -1.10. The summed E-state index contributed by atoms with van der Waals surface area (Å²) in [6.45, 7) is 1.64. The maximum atomic E-state index is 14.9. The van der Waals surface area contributed by atoms with Crippen LogP contribution < -0.4 is 26.8 Å². The molecule has 4 aromatic rings. The van der Waals surface area contributed by atoms with E-state index in [9.17, 15) is 47.5 Å². The number of rotatable bonds is 17. The van der Waals surface area contributed by atoms with Crippen molar-refractivity contribution in [3.63, 3.8) is 0 Å². The fourth-order valence-electron chi connectivity index (χ4n) is 8.10. The van der Waals surface area contributed by atoms with Gasteiger partial charge in [-0.25, -0.2) is 9.49 Å². The molecule has 3 aliphatic rings. The number of fused-ring (bicyclic) bond motifs is 2. The van der Waals surface area contributed by atoms with Gasteiger partial charge in [-0.1, -0.05) is 36.8 Å². The Labute approximate surface area is 366 Å². The predicted octanol–water partition coefficient (Wildman–Crippen LogP) is 2.02. The van der Waals surface area contributed by atoms with Gasteiger partial charge in [-0.2, -0.15) is 5.10 Å². The van der Waals surface area contributed by atoms with Crippen LogP contribution in [0.2, 0.25) is 0 Å². The number of halogens is 1. The second kappa shape index (κ2) is 20.3. The summed E-state index contributed by atoms with van der Waals surface area (Å²) in [7, 11) is 0. The molecule has 3 aromatic carbocycles. The Bertz CT molecular complexity index is 2570. The van der Waals surface area contributed by atoms with Crippen LogP contribution in [0.5, 0.6) is 0 Å². The second-order valence-electron chi connectivity index (χ2n) is 15.9. The first-order valence-corrected chi connectivity index (χ1v) is 21.3. The van der Waals surface area contributed by atoms with Crippen molar-refractivity contribution in [2.24, 2.45) is 0 Å². The van der Waals surface area contributed by atoms with E-state index in [-0.39, 0.29) is 91.6 Å². The Morgan fingerprint density at radius 1 is 0.766 bits per heavy atom. The first-order valence-electron chi connectivity index (χ1n) is 21.3. The van der Waals surface area contributed by atoms with Crippen molar-refractivity contribution in [1.82, 2.24) is 40.8 Å². The lowest BCUT2D eigenvalue weighted by Gasteiger charge is -2.35. The summed E-state index contributed by atoms with van der Waals surface area (Å²) in [6.07, 6.45) is 3.21. The number of carbonyl (C=O) groups is 8. The standard InChI is InChI=1S/C45H48FN9O9/c46-32-15-14-27(25-34-28-8-3-4-9-29(28)41(60)52-51-34)24-31(32)43(62)54-22-20-53(21-23-54)39(59)13-2-1-5-18-47-36(56)12-7-19-48-38(58)26-49-33-11-6-10-30-40(33)45(64)55(44(30)63)35-16-17-37(57)50-42(35)61/h3-4,6,8-11,14-15,24,35,49H,1-2,5,7,12-13,16-23,25-26H2,(H,47,56)(H,48,58)(H,52,60)(H,50,57,61). The zero-order valence-electron chi connectivity index (χ0n) is 35.0. The van der Waals surface area contributed by atoms with Crippen molar-refractivity contribution in [3.05, 3.63) is 105 Å². The number of nitrogens with zero attached hydrogens (tertiary/aromatic N) is 4. The van der Waals surface area contributed by atoms with E-state index in [1.54, 1.807) is 52.3 Å². The van der Waals surface area contributed by atoms with E-state index >= 15 is 0 Å². The Morgan fingerprint density at radius 3 is 2.28 bits per heavy atom. The highest BCUT2D eigenvalue weighted by Gasteiger charge is 2.45. The molecular formula is C45H48FN9O9. The van der Waals surface area contributed by atoms with E-state index in [1.165, 1.54) is 18.2 Å². The molecule has 4 heterocycles. The molecule has 8 amide bonds. The minimum absolute atomic E-state index is 0.000567. The van der Waals surface area contributed by atoms with Gasteiger partial charge in [0.05, 0.1) is 34.3 Å². The van der Waals surface area contributed by atoms with Gasteiger partial charge in [0.1, 0.15) is 11.9 Å². The van der Waals surface area contributed by atoms with Crippen LogP contribution in [-0.4, -0.2) is 124 Å². The average Bonchev–Trinajstić information content (AvgIpc) is 3.55. The smallest absolute Gasteiger partial charge is 0.272 e. The highest BCUT2D eigenvalue weighted by Crippen LogP contribution is 2.32. The van der Waals surface area contributed by atoms with Crippen LogP contribution in [0, 0.1) is 5.82 Å². The van der Waals surface area contributed by atoms with E-state index in [1.807, 2.05) is 0 Å². The van der Waals surface area contributed by atoms with Crippen LogP contribution in [0.25, 0.3) is 10.8 Å². The van der Waals surface area contributed by atoms with E-state index in [0.717, 1.165) is 4.90 Å². The lowest BCUT2D eigenvalue weighted by Crippen LogP contribution is -2.54. The summed E-state index contributed by atoms with van der Waals surface area (Å²) >= 11 is 0. The lowest BCUT2D eigenvalue weighted by molar-refractivity contribution is -0.136. The third-order valence-corrected chi connectivity index (χ3v) is 11.5. The van der Waals surface area contributed by atoms with Crippen molar-refractivity contribution in [1.29, 1.82) is 0 Å². The average molecular weight is 878 g/mol. The molecule has 5 N–H and O–H groups in total. The van der Waals surface area contributed by atoms with Gasteiger partial charge in [0, 0.05) is 76.0 Å². The summed E-state index contributed by atoms with van der Waals surface area (Å²) in [6, 6.07) is 14.9. The molecule has 18 nitrogen and oxygen atoms in total. The molecule has 7 rings (SSSR count). The molecule has 3 aliphatic heterocycles. The highest BCUT2D eigenvalue weighted by molar-refractivity contribution is 6.25. The number of unbranched alkanes of at least 4 members (excludes halogenated alkanes) is 2. The maximum Gasteiger partial charge on any atom is 0.272 e. The van der Waals surface area contributed by atoms with Crippen molar-refractivity contribution in [2.45, 2.75) is 63.8 Å². The minimum Gasteiger partial charge on any atom is -0.375 e. The third-order valence-electron chi connectivity index (χ3n) is 11.5. The molecule has 1 aromatic heterocycles. The zero-order valence-corrected chi connectivity index (χ0v) is 35.0. The molecule has 0 bridgehead atoms. The monoisotopic (exact) mass is 877 g/mol. The van der Waals surface area contributed by atoms with Crippen LogP contribution in [0.1, 0.15) is 93.7 Å². The predicted molar refractivity (Wildman–Crippen MR) is 229 cm³/mol. The number of aromatic nitrogens is 2. The van der Waals surface area contributed by atoms with Gasteiger partial charge >= 0.3 is 0 Å². The van der Waals surface area contributed by atoms with Gasteiger partial charge in [-0.05, 0) is 61.6 Å². The van der Waals surface area contributed by atoms with E-state index in [4.69, 9.17) is 0 Å². The second-order valence-corrected chi connectivity index (χ2v) is 15.9. The lowest BCUT2D eigenvalue weighted by atomic mass is 10.0. The number of piperidine rings is 1. The normalized spacial score (nSPS) is 16.1. The number of piperazine rings is 1. The van der Waals surface area contributed by atoms with Crippen LogP contribution in [-0.2, 0) is 30.4 Å². The summed E-state index contributed by atoms with van der Waals surface area (Å²) in [4.78, 5) is 118. The van der Waals surface area contributed by atoms with Crippen LogP contribution in [0.4, 0.5) is 10.1 Å². The molecule has 334 valence electrons. The summed E-state index contributed by atoms with van der Waals surface area (Å²) in [5, 5.41) is 18.4. The fourth-order valence-corrected chi connectivity index (χ4v) is 8.10. The molecule has 1 unspecified atom stereocenters. The molecule has 64 heavy (non-hydrogen) atoms. The molecule has 2 fully saturated rings. The van der Waals surface area contributed by atoms with Gasteiger partial charge in [-0.15, -0.1) is 0 Å². The summed E-state index contributed by atoms with van der Waals surface area (Å²) in [5.41, 5.74) is 1.28. The molecule has 1 atom stereocenters. The Balaban J connectivity index is 0.743. The SMILES string of the molecule is O=C(CCCNC(=O)CNc1cccc2c1C(=O)N(C1CCC(=O)NC1=O)C2=O)NCCCCCC(=O)N1CCN(C(=O)c2cc(Cc3n[nH]c(=O)c4ccccc34)ccc2F)CC1. The summed E-state index contributed by atoms with van der Waals surface area (Å²) in [5.74, 6) is -4.23. The number of benzene rings is 3. The van der Waals surface area contributed by atoms with Gasteiger partial charge < -0.3 is 25.8 Å². The van der Waals surface area contributed by atoms with Crippen molar-refractivity contribution >= 4 is 63.7 Å². The molecule has 19 heteroatoms. The number of nitrogens with one attached hydrogen (secondary N) is 5. The van der Waals surface area contributed by atoms with Crippen LogP contribution >= 0.6 is 0 Å². The number of hydrogen-bond acceptors (Lipinski definition) is 11. The first kappa shape index (κ1) is 44.7. The van der Waals surface area contributed by atoms with Crippen molar-refractivity contribution < 1.29 is 42.7 Å². The quantitative estimate of drug-likeness (QED) is 0.0760. The highest BCUT2D eigenvalue weighted by atomic mass is 19.1. The van der Waals surface area contributed by atoms with E-state index in [0.29, 0.717) is 73.8 Å². The van der Waals surface area contributed by atoms with Crippen LogP contribution in [0.15, 0.2) is 65.5 Å². The fraction of sp³-hybridized carbons (Fsp3) is 0.378. The molecule has 0 radical (unpaired) electrons. The number of anilines is 1. The van der Waals surface area contributed by atoms with Crippen molar-refractivity contribution in [2.75, 3.05) is 51.1 Å². The number of amides is 8. The number of aromatic amines is 1. The molecule has 0 aliphatic carbocycles. The first-order chi connectivity index (χ1) is 30.9. The molecule has 2 saturated heterocycles. The zero-order chi connectivity index (χ0) is 45.3. The van der Waals surface area contributed by atoms with Crippen molar-refractivity contribution in [3.8, 4) is 0 Å². The van der Waals surface area contributed by atoms with E-state index in [2.05, 4.69) is 31.5 Å². The molecular weight excluding hydrogens is 830 g/mol. The Hall–Kier alpha value is -7.31. The molecule has 0 saturated carbocycles. The van der Waals surface area contributed by atoms with E-state index < -0.39 is 47.3 Å². The number of hydrogen-bond donors (Lipinski definition) is 5. The topological polar surface area (TPSA) is 240 Å². The van der Waals surface area contributed by atoms with Gasteiger partial charge in [0.25, 0.3) is 23.3 Å². The molecule has 0 spiro atoms. The van der Waals surface area contributed by atoms with Gasteiger partial charge in [0.2, 0.25) is 29.5 Å². The third kappa shape index (κ3) is 10.3. The number of imide groups is 2. The Kier molecular flexibility index (Phi) is 14.2. The van der Waals surface area contributed by atoms with Gasteiger partial charge in [-0.3, -0.25) is 53.4 Å². The Morgan fingerprint density at radius 2 is 1.50 bits per heavy atom. The van der Waals surface area contributed by atoms with Gasteiger partial charge in [0.15, 0.2) is 0 Å². The maximum absolute atomic E-state index is 14.9.